The zero-order valence-electron chi connectivity index (χ0n) is 8.49. The molecule has 1 heterocycles. The summed E-state index contributed by atoms with van der Waals surface area (Å²) in [6.45, 7) is 4.62. The zero-order chi connectivity index (χ0) is 10.6. The molecule has 1 aromatic heterocycles. The van der Waals surface area contributed by atoms with Crippen molar-refractivity contribution < 1.29 is 5.11 Å². The number of hydrogen-bond acceptors (Lipinski definition) is 5. The van der Waals surface area contributed by atoms with Gasteiger partial charge in [0.15, 0.2) is 11.6 Å². The number of rotatable bonds is 4. The van der Waals surface area contributed by atoms with E-state index in [2.05, 4.69) is 15.3 Å². The molecule has 0 aromatic carbocycles. The summed E-state index contributed by atoms with van der Waals surface area (Å²) in [5, 5.41) is 12.1. The van der Waals surface area contributed by atoms with Gasteiger partial charge < -0.3 is 16.2 Å². The second kappa shape index (κ2) is 4.23. The molecule has 0 radical (unpaired) electrons. The highest BCUT2D eigenvalue weighted by Gasteiger charge is 2.16. The van der Waals surface area contributed by atoms with E-state index >= 15 is 0 Å². The molecule has 5 nitrogen and oxygen atoms in total. The molecule has 14 heavy (non-hydrogen) atoms. The van der Waals surface area contributed by atoms with Crippen molar-refractivity contribution in [3.8, 4) is 0 Å². The first-order valence-corrected chi connectivity index (χ1v) is 4.46. The fraction of sp³-hybridized carbons (Fsp3) is 0.556. The van der Waals surface area contributed by atoms with Gasteiger partial charge in [-0.3, -0.25) is 0 Å². The first-order valence-electron chi connectivity index (χ1n) is 4.46. The topological polar surface area (TPSA) is 84.1 Å². The molecule has 0 bridgehead atoms. The van der Waals surface area contributed by atoms with Gasteiger partial charge in [-0.2, -0.15) is 0 Å². The van der Waals surface area contributed by atoms with Crippen molar-refractivity contribution in [3.05, 3.63) is 12.4 Å². The fourth-order valence-electron chi connectivity index (χ4n) is 0.864. The summed E-state index contributed by atoms with van der Waals surface area (Å²) in [5.41, 5.74) is 5.40. The van der Waals surface area contributed by atoms with E-state index in [1.54, 1.807) is 6.20 Å². The lowest BCUT2D eigenvalue weighted by Gasteiger charge is -2.22. The van der Waals surface area contributed by atoms with Crippen molar-refractivity contribution in [2.24, 2.45) is 5.41 Å². The normalized spacial score (nSPS) is 11.4. The van der Waals surface area contributed by atoms with E-state index in [1.165, 1.54) is 6.20 Å². The maximum atomic E-state index is 9.03. The fourth-order valence-corrected chi connectivity index (χ4v) is 0.864. The van der Waals surface area contributed by atoms with Gasteiger partial charge in [0.2, 0.25) is 0 Å². The number of nitrogens with zero attached hydrogens (tertiary/aromatic N) is 2. The third-order valence-corrected chi connectivity index (χ3v) is 1.89. The van der Waals surface area contributed by atoms with Crippen molar-refractivity contribution >= 4 is 11.6 Å². The first-order chi connectivity index (χ1) is 6.55. The van der Waals surface area contributed by atoms with Crippen LogP contribution in [0.15, 0.2) is 12.4 Å². The van der Waals surface area contributed by atoms with Crippen LogP contribution in [0, 0.1) is 5.41 Å². The molecule has 1 rings (SSSR count). The lowest BCUT2D eigenvalue weighted by atomic mass is 9.95. The second-order valence-electron chi connectivity index (χ2n) is 3.97. The van der Waals surface area contributed by atoms with Crippen LogP contribution in [0.4, 0.5) is 11.6 Å². The van der Waals surface area contributed by atoms with Gasteiger partial charge in [0.25, 0.3) is 0 Å². The first kappa shape index (κ1) is 10.7. The Morgan fingerprint density at radius 3 is 2.64 bits per heavy atom. The molecule has 0 aliphatic rings. The highest BCUT2D eigenvalue weighted by molar-refractivity contribution is 5.54. The molecule has 0 aliphatic carbocycles. The average Bonchev–Trinajstić information content (AvgIpc) is 2.17. The zero-order valence-corrected chi connectivity index (χ0v) is 8.49. The SMILES string of the molecule is CC(C)(CO)CNc1nccnc1N. The Kier molecular flexibility index (Phi) is 3.24. The summed E-state index contributed by atoms with van der Waals surface area (Å²) in [7, 11) is 0. The van der Waals surface area contributed by atoms with E-state index < -0.39 is 0 Å². The minimum absolute atomic E-state index is 0.111. The predicted molar refractivity (Wildman–Crippen MR) is 55.8 cm³/mol. The minimum atomic E-state index is -0.191. The van der Waals surface area contributed by atoms with Crippen LogP contribution >= 0.6 is 0 Å². The smallest absolute Gasteiger partial charge is 0.168 e. The number of aliphatic hydroxyl groups excluding tert-OH is 1. The average molecular weight is 196 g/mol. The van der Waals surface area contributed by atoms with Crippen molar-refractivity contribution in [2.45, 2.75) is 13.8 Å². The number of nitrogens with one attached hydrogen (secondary N) is 1. The second-order valence-corrected chi connectivity index (χ2v) is 3.97. The van der Waals surface area contributed by atoms with E-state index in [-0.39, 0.29) is 12.0 Å². The molecular formula is C9H16N4O. The maximum Gasteiger partial charge on any atom is 0.168 e. The van der Waals surface area contributed by atoms with Crippen molar-refractivity contribution in [3.63, 3.8) is 0 Å². The molecule has 0 saturated carbocycles. The molecule has 0 unspecified atom stereocenters. The predicted octanol–water partition coefficient (Wildman–Crippen LogP) is 0.489. The van der Waals surface area contributed by atoms with Gasteiger partial charge in [-0.15, -0.1) is 0 Å². The Labute approximate surface area is 83.4 Å². The van der Waals surface area contributed by atoms with Crippen LogP contribution in [-0.2, 0) is 0 Å². The Morgan fingerprint density at radius 1 is 1.43 bits per heavy atom. The molecule has 0 spiro atoms. The summed E-state index contributed by atoms with van der Waals surface area (Å²) in [5.74, 6) is 0.940. The number of aromatic nitrogens is 2. The summed E-state index contributed by atoms with van der Waals surface area (Å²) in [4.78, 5) is 7.93. The van der Waals surface area contributed by atoms with Crippen LogP contribution in [0.25, 0.3) is 0 Å². The Morgan fingerprint density at radius 2 is 2.07 bits per heavy atom. The van der Waals surface area contributed by atoms with Crippen molar-refractivity contribution in [1.29, 1.82) is 0 Å². The number of nitrogen functional groups attached to an aromatic ring is 1. The van der Waals surface area contributed by atoms with E-state index in [0.717, 1.165) is 0 Å². The quantitative estimate of drug-likeness (QED) is 0.652. The number of aliphatic hydroxyl groups is 1. The largest absolute Gasteiger partial charge is 0.396 e. The van der Waals surface area contributed by atoms with Crippen LogP contribution in [0.3, 0.4) is 0 Å². The number of hydrogen-bond donors (Lipinski definition) is 3. The van der Waals surface area contributed by atoms with E-state index in [9.17, 15) is 0 Å². The molecular weight excluding hydrogens is 180 g/mol. The lowest BCUT2D eigenvalue weighted by molar-refractivity contribution is 0.170. The monoisotopic (exact) mass is 196 g/mol. The minimum Gasteiger partial charge on any atom is -0.396 e. The van der Waals surface area contributed by atoms with Crippen molar-refractivity contribution in [2.75, 3.05) is 24.2 Å². The molecule has 0 saturated heterocycles. The molecule has 78 valence electrons. The molecule has 4 N–H and O–H groups in total. The highest BCUT2D eigenvalue weighted by atomic mass is 16.3. The van der Waals surface area contributed by atoms with Crippen molar-refractivity contribution in [1.82, 2.24) is 9.97 Å². The van der Waals surface area contributed by atoms with E-state index in [4.69, 9.17) is 10.8 Å². The summed E-state index contributed by atoms with van der Waals surface area (Å²) in [6, 6.07) is 0. The highest BCUT2D eigenvalue weighted by Crippen LogP contribution is 2.16. The van der Waals surface area contributed by atoms with Crippen LogP contribution < -0.4 is 11.1 Å². The molecule has 0 aliphatic heterocycles. The van der Waals surface area contributed by atoms with Gasteiger partial charge in [0.05, 0.1) is 0 Å². The molecule has 5 heteroatoms. The van der Waals surface area contributed by atoms with Gasteiger partial charge in [0, 0.05) is 31.0 Å². The Hall–Kier alpha value is -1.36. The van der Waals surface area contributed by atoms with E-state index in [1.807, 2.05) is 13.8 Å². The third kappa shape index (κ3) is 2.85. The third-order valence-electron chi connectivity index (χ3n) is 1.89. The summed E-state index contributed by atoms with van der Waals surface area (Å²) >= 11 is 0. The van der Waals surface area contributed by atoms with Crippen LogP contribution in [0.2, 0.25) is 0 Å². The van der Waals surface area contributed by atoms with Gasteiger partial charge >= 0.3 is 0 Å². The van der Waals surface area contributed by atoms with Gasteiger partial charge in [-0.1, -0.05) is 13.8 Å². The number of anilines is 2. The van der Waals surface area contributed by atoms with Crippen LogP contribution in [0.5, 0.6) is 0 Å². The standard InChI is InChI=1S/C9H16N4O/c1-9(2,6-14)5-13-8-7(10)11-3-4-12-8/h3-4,14H,5-6H2,1-2H3,(H2,10,11)(H,12,13). The molecule has 1 aromatic rings. The molecule has 0 atom stereocenters. The van der Waals surface area contributed by atoms with Crippen LogP contribution in [-0.4, -0.2) is 28.2 Å². The summed E-state index contributed by atoms with van der Waals surface area (Å²) < 4.78 is 0. The molecule has 0 fully saturated rings. The van der Waals surface area contributed by atoms with E-state index in [0.29, 0.717) is 18.2 Å². The van der Waals surface area contributed by atoms with Gasteiger partial charge in [-0.05, 0) is 0 Å². The Balaban J connectivity index is 2.58. The Bertz CT molecular complexity index is 301. The summed E-state index contributed by atoms with van der Waals surface area (Å²) in [6.07, 6.45) is 3.11. The lowest BCUT2D eigenvalue weighted by Crippen LogP contribution is -2.27. The van der Waals surface area contributed by atoms with Gasteiger partial charge in [-0.25, -0.2) is 9.97 Å². The van der Waals surface area contributed by atoms with Crippen LogP contribution in [0.1, 0.15) is 13.8 Å². The molecule has 0 amide bonds. The number of nitrogens with two attached hydrogens (primary N) is 1. The van der Waals surface area contributed by atoms with Gasteiger partial charge in [0.1, 0.15) is 0 Å². The maximum absolute atomic E-state index is 9.03.